The van der Waals surface area contributed by atoms with Crippen LogP contribution in [0.4, 0.5) is 11.5 Å². The highest BCUT2D eigenvalue weighted by Crippen LogP contribution is 2.17. The lowest BCUT2D eigenvalue weighted by molar-refractivity contribution is 0.205. The Morgan fingerprint density at radius 2 is 2.09 bits per heavy atom. The van der Waals surface area contributed by atoms with Crippen molar-refractivity contribution in [3.63, 3.8) is 0 Å². The number of unbranched alkanes of at least 4 members (excludes halogenated alkanes) is 1. The van der Waals surface area contributed by atoms with Crippen molar-refractivity contribution in [2.75, 3.05) is 37.4 Å². The minimum atomic E-state index is -0.460. The summed E-state index contributed by atoms with van der Waals surface area (Å²) in [6.07, 6.45) is 3.77. The summed E-state index contributed by atoms with van der Waals surface area (Å²) < 4.78 is 6.55. The molecule has 0 radical (unpaired) electrons. The number of nitrogens with zero attached hydrogens (tertiary/aromatic N) is 2. The van der Waals surface area contributed by atoms with Gasteiger partial charge in [-0.3, -0.25) is 14.3 Å². The van der Waals surface area contributed by atoms with Crippen LogP contribution in [0.25, 0.3) is 0 Å². The predicted octanol–water partition coefficient (Wildman–Crippen LogP) is 1.34. The number of nitrogen functional groups attached to an aromatic ring is 1. The van der Waals surface area contributed by atoms with E-state index in [4.69, 9.17) is 10.5 Å². The lowest BCUT2D eigenvalue weighted by Gasteiger charge is -2.25. The zero-order valence-corrected chi connectivity index (χ0v) is 14.5. The minimum absolute atomic E-state index is 0.213. The third-order valence-corrected chi connectivity index (χ3v) is 3.55. The van der Waals surface area contributed by atoms with E-state index in [-0.39, 0.29) is 5.82 Å². The first-order valence-corrected chi connectivity index (χ1v) is 7.92. The Kier molecular flexibility index (Phi) is 7.61. The van der Waals surface area contributed by atoms with Crippen molar-refractivity contribution in [1.82, 2.24) is 9.55 Å². The molecule has 1 aromatic rings. The van der Waals surface area contributed by atoms with Crippen molar-refractivity contribution in [2.24, 2.45) is 0 Å². The van der Waals surface area contributed by atoms with Crippen LogP contribution in [0.3, 0.4) is 0 Å². The number of anilines is 2. The van der Waals surface area contributed by atoms with Crippen molar-refractivity contribution < 1.29 is 4.74 Å². The minimum Gasteiger partial charge on any atom is -0.383 e. The van der Waals surface area contributed by atoms with Crippen LogP contribution in [-0.2, 0) is 11.3 Å². The quantitative estimate of drug-likeness (QED) is 0.669. The molecule has 7 nitrogen and oxygen atoms in total. The van der Waals surface area contributed by atoms with Gasteiger partial charge in [-0.2, -0.15) is 0 Å². The predicted molar refractivity (Wildman–Crippen MR) is 94.2 cm³/mol. The first-order valence-electron chi connectivity index (χ1n) is 7.92. The molecule has 0 saturated carbocycles. The van der Waals surface area contributed by atoms with Gasteiger partial charge in [-0.05, 0) is 20.3 Å². The zero-order chi connectivity index (χ0) is 17.4. The maximum absolute atomic E-state index is 12.3. The highest BCUT2D eigenvalue weighted by Gasteiger charge is 2.17. The van der Waals surface area contributed by atoms with Crippen molar-refractivity contribution in [1.29, 1.82) is 0 Å². The van der Waals surface area contributed by atoms with E-state index >= 15 is 0 Å². The van der Waals surface area contributed by atoms with Gasteiger partial charge in [0.1, 0.15) is 11.5 Å². The van der Waals surface area contributed by atoms with E-state index in [9.17, 15) is 9.59 Å². The molecule has 0 fully saturated rings. The van der Waals surface area contributed by atoms with E-state index in [0.29, 0.717) is 31.9 Å². The smallest absolute Gasteiger partial charge is 0.330 e. The summed E-state index contributed by atoms with van der Waals surface area (Å²) >= 11 is 0. The largest absolute Gasteiger partial charge is 0.383 e. The second-order valence-electron chi connectivity index (χ2n) is 5.72. The second kappa shape index (κ2) is 9.19. The number of ether oxygens (including phenoxy) is 1. The average Bonchev–Trinajstić information content (AvgIpc) is 2.48. The first kappa shape index (κ1) is 19.0. The van der Waals surface area contributed by atoms with Crippen LogP contribution < -0.4 is 21.9 Å². The molecule has 1 rings (SSSR count). The summed E-state index contributed by atoms with van der Waals surface area (Å²) in [6, 6.07) is 0. The molecular formula is C16H28N4O3. The molecule has 0 aliphatic heterocycles. The number of hydrogen-bond acceptors (Lipinski definition) is 5. The first-order chi connectivity index (χ1) is 10.9. The van der Waals surface area contributed by atoms with Crippen molar-refractivity contribution >= 4 is 11.5 Å². The zero-order valence-electron chi connectivity index (χ0n) is 14.5. The average molecular weight is 324 g/mol. The van der Waals surface area contributed by atoms with Gasteiger partial charge in [0.25, 0.3) is 5.56 Å². The molecule has 3 N–H and O–H groups in total. The number of hydrogen-bond donors (Lipinski definition) is 2. The third kappa shape index (κ3) is 5.28. The fraction of sp³-hybridized carbons (Fsp3) is 0.625. The van der Waals surface area contributed by atoms with Gasteiger partial charge in [0, 0.05) is 26.7 Å². The second-order valence-corrected chi connectivity index (χ2v) is 5.72. The number of allylic oxidation sites excluding steroid dienone is 1. The van der Waals surface area contributed by atoms with E-state index in [0.717, 1.165) is 18.4 Å². The number of rotatable bonds is 9. The maximum atomic E-state index is 12.3. The number of H-pyrrole nitrogens is 1. The van der Waals surface area contributed by atoms with Gasteiger partial charge in [-0.15, -0.1) is 0 Å². The Morgan fingerprint density at radius 3 is 2.65 bits per heavy atom. The van der Waals surface area contributed by atoms with Gasteiger partial charge >= 0.3 is 5.69 Å². The molecule has 0 atom stereocenters. The standard InChI is InChI=1S/C16H28N4O3/c1-5-6-8-20-14(17)13(15(21)18-16(20)22)19(10-11-23-4)9-7-12(2)3/h7H,5-6,8-11,17H2,1-4H3,(H,18,21,22). The molecule has 0 aliphatic rings. The van der Waals surface area contributed by atoms with E-state index in [1.165, 1.54) is 4.57 Å². The molecule has 1 aromatic heterocycles. The van der Waals surface area contributed by atoms with Crippen LogP contribution in [-0.4, -0.2) is 36.4 Å². The lowest BCUT2D eigenvalue weighted by atomic mass is 10.3. The number of nitrogens with one attached hydrogen (secondary N) is 1. The molecular weight excluding hydrogens is 296 g/mol. The van der Waals surface area contributed by atoms with E-state index in [1.54, 1.807) is 7.11 Å². The number of nitrogens with two attached hydrogens (primary N) is 1. The van der Waals surface area contributed by atoms with E-state index in [1.807, 2.05) is 31.7 Å². The highest BCUT2D eigenvalue weighted by atomic mass is 16.5. The Labute approximate surface area is 136 Å². The van der Waals surface area contributed by atoms with Gasteiger partial charge in [-0.25, -0.2) is 4.79 Å². The molecule has 23 heavy (non-hydrogen) atoms. The topological polar surface area (TPSA) is 93.3 Å². The summed E-state index contributed by atoms with van der Waals surface area (Å²) in [5.74, 6) is 0.213. The van der Waals surface area contributed by atoms with Crippen molar-refractivity contribution in [2.45, 2.75) is 40.2 Å². The fourth-order valence-electron chi connectivity index (χ4n) is 2.21. The van der Waals surface area contributed by atoms with Crippen LogP contribution in [0.2, 0.25) is 0 Å². The van der Waals surface area contributed by atoms with Gasteiger partial charge in [-0.1, -0.05) is 25.0 Å². The summed E-state index contributed by atoms with van der Waals surface area (Å²) in [5.41, 5.74) is 6.69. The van der Waals surface area contributed by atoms with E-state index in [2.05, 4.69) is 4.98 Å². The molecule has 130 valence electrons. The molecule has 0 unspecified atom stereocenters. The summed E-state index contributed by atoms with van der Waals surface area (Å²) in [5, 5.41) is 0. The molecule has 0 spiro atoms. The van der Waals surface area contributed by atoms with Crippen LogP contribution in [0.5, 0.6) is 0 Å². The molecule has 0 bridgehead atoms. The monoisotopic (exact) mass is 324 g/mol. The van der Waals surface area contributed by atoms with Crippen molar-refractivity contribution in [3.8, 4) is 0 Å². The number of methoxy groups -OCH3 is 1. The maximum Gasteiger partial charge on any atom is 0.330 e. The molecule has 0 aliphatic carbocycles. The van der Waals surface area contributed by atoms with Crippen LogP contribution in [0.15, 0.2) is 21.2 Å². The molecule has 0 aromatic carbocycles. The SMILES string of the molecule is CCCCn1c(N)c(N(CC=C(C)C)CCOC)c(=O)[nH]c1=O. The normalized spacial score (nSPS) is 10.6. The van der Waals surface area contributed by atoms with Gasteiger partial charge < -0.3 is 15.4 Å². The Hall–Kier alpha value is -2.02. The molecule has 0 saturated heterocycles. The number of aromatic nitrogens is 2. The lowest BCUT2D eigenvalue weighted by Crippen LogP contribution is -2.39. The van der Waals surface area contributed by atoms with Gasteiger partial charge in [0.15, 0.2) is 0 Å². The Balaban J connectivity index is 3.30. The van der Waals surface area contributed by atoms with Gasteiger partial charge in [0.2, 0.25) is 0 Å². The Morgan fingerprint density at radius 1 is 1.39 bits per heavy atom. The third-order valence-electron chi connectivity index (χ3n) is 3.55. The van der Waals surface area contributed by atoms with Gasteiger partial charge in [0.05, 0.1) is 6.61 Å². The van der Waals surface area contributed by atoms with Crippen LogP contribution >= 0.6 is 0 Å². The summed E-state index contributed by atoms with van der Waals surface area (Å²) in [7, 11) is 1.61. The fourth-order valence-corrected chi connectivity index (χ4v) is 2.21. The highest BCUT2D eigenvalue weighted by molar-refractivity contribution is 5.62. The number of aromatic amines is 1. The van der Waals surface area contributed by atoms with E-state index < -0.39 is 11.2 Å². The molecule has 1 heterocycles. The van der Waals surface area contributed by atoms with Crippen LogP contribution in [0, 0.1) is 0 Å². The summed E-state index contributed by atoms with van der Waals surface area (Å²) in [4.78, 5) is 28.5. The summed E-state index contributed by atoms with van der Waals surface area (Å²) in [6.45, 7) is 8.02. The van der Waals surface area contributed by atoms with Crippen LogP contribution in [0.1, 0.15) is 33.6 Å². The Bertz CT molecular complexity index is 642. The molecule has 7 heteroatoms. The molecule has 0 amide bonds. The van der Waals surface area contributed by atoms with Crippen molar-refractivity contribution in [3.05, 3.63) is 32.5 Å².